The standard InChI is InChI=1S/C25H25FN2O2S/c26-21-6-2-4-8-24(21)31-23-7-3-1-5-19(23)16-9-14-20(25(27)30)22(15-16)28-17-10-12-18(29)13-11-17/h1-9,14-15,17-18,28-29H,10-13H2,(H2,27,30). The van der Waals surface area contributed by atoms with Gasteiger partial charge in [0.15, 0.2) is 0 Å². The summed E-state index contributed by atoms with van der Waals surface area (Å²) in [5, 5.41) is 13.2. The SMILES string of the molecule is NC(=O)c1ccc(-c2ccccc2Sc2ccccc2F)cc1NC1CCC(O)CC1. The van der Waals surface area contributed by atoms with Gasteiger partial charge in [-0.05, 0) is 67.1 Å². The summed E-state index contributed by atoms with van der Waals surface area (Å²) in [6, 6.07) is 20.3. The van der Waals surface area contributed by atoms with Crippen LogP contribution in [0.25, 0.3) is 11.1 Å². The minimum Gasteiger partial charge on any atom is -0.393 e. The number of anilines is 1. The Kier molecular flexibility index (Phi) is 6.59. The van der Waals surface area contributed by atoms with Gasteiger partial charge < -0.3 is 16.2 Å². The predicted octanol–water partition coefficient (Wildman–Crippen LogP) is 5.46. The molecular formula is C25H25FN2O2S. The lowest BCUT2D eigenvalue weighted by molar-refractivity contribution is 0.100. The summed E-state index contributed by atoms with van der Waals surface area (Å²) >= 11 is 1.37. The van der Waals surface area contributed by atoms with Crippen LogP contribution in [-0.2, 0) is 0 Å². The van der Waals surface area contributed by atoms with Gasteiger partial charge in [-0.15, -0.1) is 0 Å². The van der Waals surface area contributed by atoms with Gasteiger partial charge in [-0.1, -0.05) is 48.2 Å². The van der Waals surface area contributed by atoms with Crippen molar-refractivity contribution in [2.24, 2.45) is 5.73 Å². The Morgan fingerprint density at radius 2 is 1.65 bits per heavy atom. The molecule has 0 aromatic heterocycles. The van der Waals surface area contributed by atoms with Crippen LogP contribution < -0.4 is 11.1 Å². The molecule has 1 saturated carbocycles. The molecule has 0 heterocycles. The van der Waals surface area contributed by atoms with E-state index in [2.05, 4.69) is 5.32 Å². The second-order valence-electron chi connectivity index (χ2n) is 7.80. The fourth-order valence-electron chi connectivity index (χ4n) is 3.93. The molecule has 0 aliphatic heterocycles. The van der Waals surface area contributed by atoms with E-state index in [-0.39, 0.29) is 18.0 Å². The normalized spacial score (nSPS) is 18.5. The van der Waals surface area contributed by atoms with Crippen LogP contribution in [-0.4, -0.2) is 23.2 Å². The molecule has 6 heteroatoms. The predicted molar refractivity (Wildman–Crippen MR) is 123 cm³/mol. The number of hydrogen-bond acceptors (Lipinski definition) is 4. The van der Waals surface area contributed by atoms with Crippen molar-refractivity contribution in [1.82, 2.24) is 0 Å². The van der Waals surface area contributed by atoms with Crippen LogP contribution in [0.15, 0.2) is 76.5 Å². The van der Waals surface area contributed by atoms with Gasteiger partial charge in [0.05, 0.1) is 11.7 Å². The first-order chi connectivity index (χ1) is 15.0. The number of benzene rings is 3. The van der Waals surface area contributed by atoms with Crippen molar-refractivity contribution in [2.45, 2.75) is 47.6 Å². The summed E-state index contributed by atoms with van der Waals surface area (Å²) in [7, 11) is 0. The van der Waals surface area contributed by atoms with Crippen molar-refractivity contribution in [2.75, 3.05) is 5.32 Å². The lowest BCUT2D eigenvalue weighted by atomic mass is 9.92. The molecule has 0 unspecified atom stereocenters. The van der Waals surface area contributed by atoms with Crippen LogP contribution in [0.4, 0.5) is 10.1 Å². The average Bonchev–Trinajstić information content (AvgIpc) is 2.77. The molecular weight excluding hydrogens is 411 g/mol. The number of aliphatic hydroxyl groups is 1. The second kappa shape index (κ2) is 9.54. The van der Waals surface area contributed by atoms with Crippen molar-refractivity contribution in [3.63, 3.8) is 0 Å². The first-order valence-corrected chi connectivity index (χ1v) is 11.2. The Morgan fingerprint density at radius 1 is 0.968 bits per heavy atom. The molecule has 3 aromatic carbocycles. The highest BCUT2D eigenvalue weighted by atomic mass is 32.2. The van der Waals surface area contributed by atoms with E-state index in [9.17, 15) is 14.3 Å². The third-order valence-electron chi connectivity index (χ3n) is 5.60. The van der Waals surface area contributed by atoms with E-state index in [1.165, 1.54) is 17.8 Å². The summed E-state index contributed by atoms with van der Waals surface area (Å²) in [4.78, 5) is 13.5. The fraction of sp³-hybridized carbons (Fsp3) is 0.240. The number of carbonyl (C=O) groups excluding carboxylic acids is 1. The molecule has 0 atom stereocenters. The van der Waals surface area contributed by atoms with E-state index >= 15 is 0 Å². The first-order valence-electron chi connectivity index (χ1n) is 10.4. The van der Waals surface area contributed by atoms with Crippen LogP contribution in [0.1, 0.15) is 36.0 Å². The number of halogens is 1. The minimum absolute atomic E-state index is 0.180. The molecule has 1 aliphatic carbocycles. The number of aliphatic hydroxyl groups excluding tert-OH is 1. The molecule has 1 aliphatic rings. The van der Waals surface area contributed by atoms with E-state index in [1.54, 1.807) is 18.2 Å². The number of amides is 1. The molecule has 0 saturated heterocycles. The van der Waals surface area contributed by atoms with Gasteiger partial charge in [-0.2, -0.15) is 0 Å². The zero-order valence-electron chi connectivity index (χ0n) is 17.1. The van der Waals surface area contributed by atoms with Crippen molar-refractivity contribution < 1.29 is 14.3 Å². The summed E-state index contributed by atoms with van der Waals surface area (Å²) in [6.45, 7) is 0. The highest BCUT2D eigenvalue weighted by Gasteiger charge is 2.21. The quantitative estimate of drug-likeness (QED) is 0.480. The third kappa shape index (κ3) is 5.09. The van der Waals surface area contributed by atoms with Crippen LogP contribution in [0.5, 0.6) is 0 Å². The third-order valence-corrected chi connectivity index (χ3v) is 6.72. The van der Waals surface area contributed by atoms with Crippen LogP contribution in [0.3, 0.4) is 0 Å². The monoisotopic (exact) mass is 436 g/mol. The van der Waals surface area contributed by atoms with Gasteiger partial charge in [0.2, 0.25) is 0 Å². The molecule has 1 fully saturated rings. The summed E-state index contributed by atoms with van der Waals surface area (Å²) < 4.78 is 14.2. The number of nitrogens with one attached hydrogen (secondary N) is 1. The maximum atomic E-state index is 14.2. The van der Waals surface area contributed by atoms with E-state index in [0.717, 1.165) is 41.7 Å². The summed E-state index contributed by atoms with van der Waals surface area (Å²) in [5.41, 5.74) is 8.62. The smallest absolute Gasteiger partial charge is 0.250 e. The molecule has 4 N–H and O–H groups in total. The topological polar surface area (TPSA) is 75.4 Å². The van der Waals surface area contributed by atoms with Gasteiger partial charge in [0.1, 0.15) is 5.82 Å². The van der Waals surface area contributed by atoms with Gasteiger partial charge in [0, 0.05) is 21.5 Å². The maximum Gasteiger partial charge on any atom is 0.250 e. The molecule has 0 bridgehead atoms. The van der Waals surface area contributed by atoms with Crippen molar-refractivity contribution in [3.8, 4) is 11.1 Å². The van der Waals surface area contributed by atoms with Gasteiger partial charge in [-0.3, -0.25) is 4.79 Å². The molecule has 4 nitrogen and oxygen atoms in total. The molecule has 31 heavy (non-hydrogen) atoms. The van der Waals surface area contributed by atoms with Crippen molar-refractivity contribution in [1.29, 1.82) is 0 Å². The maximum absolute atomic E-state index is 14.2. The minimum atomic E-state index is -0.487. The zero-order valence-corrected chi connectivity index (χ0v) is 17.9. The number of primary amides is 1. The Bertz CT molecular complexity index is 1080. The molecule has 160 valence electrons. The first kappa shape index (κ1) is 21.4. The van der Waals surface area contributed by atoms with E-state index in [0.29, 0.717) is 16.1 Å². The van der Waals surface area contributed by atoms with Gasteiger partial charge in [0.25, 0.3) is 5.91 Å². The number of carbonyl (C=O) groups is 1. The largest absolute Gasteiger partial charge is 0.393 e. The Morgan fingerprint density at radius 3 is 2.35 bits per heavy atom. The average molecular weight is 437 g/mol. The Labute approximate surface area is 185 Å². The van der Waals surface area contributed by atoms with Gasteiger partial charge >= 0.3 is 0 Å². The summed E-state index contributed by atoms with van der Waals surface area (Å²) in [5.74, 6) is -0.743. The molecule has 4 rings (SSSR count). The number of nitrogens with two attached hydrogens (primary N) is 1. The molecule has 1 amide bonds. The van der Waals surface area contributed by atoms with Gasteiger partial charge in [-0.25, -0.2) is 4.39 Å². The number of rotatable bonds is 6. The van der Waals surface area contributed by atoms with Crippen molar-refractivity contribution >= 4 is 23.4 Å². The Balaban J connectivity index is 1.67. The highest BCUT2D eigenvalue weighted by Crippen LogP contribution is 2.38. The van der Waals surface area contributed by atoms with E-state index < -0.39 is 5.91 Å². The van der Waals surface area contributed by atoms with E-state index in [1.807, 2.05) is 42.5 Å². The number of hydrogen-bond donors (Lipinski definition) is 3. The second-order valence-corrected chi connectivity index (χ2v) is 8.89. The zero-order chi connectivity index (χ0) is 21.8. The summed E-state index contributed by atoms with van der Waals surface area (Å²) in [6.07, 6.45) is 2.91. The lowest BCUT2D eigenvalue weighted by Crippen LogP contribution is -2.29. The van der Waals surface area contributed by atoms with Crippen LogP contribution in [0, 0.1) is 5.82 Å². The lowest BCUT2D eigenvalue weighted by Gasteiger charge is -2.28. The molecule has 0 spiro atoms. The van der Waals surface area contributed by atoms with Crippen LogP contribution in [0.2, 0.25) is 0 Å². The van der Waals surface area contributed by atoms with Crippen molar-refractivity contribution in [3.05, 3.63) is 78.1 Å². The Hall–Kier alpha value is -2.83. The highest BCUT2D eigenvalue weighted by molar-refractivity contribution is 7.99. The molecule has 3 aromatic rings. The fourth-order valence-corrected chi connectivity index (χ4v) is 4.92. The van der Waals surface area contributed by atoms with Crippen LogP contribution >= 0.6 is 11.8 Å². The molecule has 0 radical (unpaired) electrons. The van der Waals surface area contributed by atoms with E-state index in [4.69, 9.17) is 5.73 Å².